The molecule has 0 aliphatic carbocycles. The SMILES string of the molecule is CC(c1ccccc1)N1C(=NC(=O)CCC(=O)O)SC2CS(=O)(=O)CC21. The van der Waals surface area contributed by atoms with Crippen molar-refractivity contribution < 1.29 is 23.1 Å². The van der Waals surface area contributed by atoms with E-state index in [1.54, 1.807) is 0 Å². The molecule has 1 amide bonds. The van der Waals surface area contributed by atoms with E-state index in [1.165, 1.54) is 11.8 Å². The Hall–Kier alpha value is -1.87. The molecule has 1 aromatic rings. The van der Waals surface area contributed by atoms with Gasteiger partial charge in [-0.1, -0.05) is 42.1 Å². The molecular formula is C17H20N2O5S2. The lowest BCUT2D eigenvalue weighted by Gasteiger charge is -2.31. The Morgan fingerprint density at radius 2 is 1.96 bits per heavy atom. The van der Waals surface area contributed by atoms with Gasteiger partial charge < -0.3 is 10.0 Å². The smallest absolute Gasteiger partial charge is 0.303 e. The Labute approximate surface area is 156 Å². The summed E-state index contributed by atoms with van der Waals surface area (Å²) in [5.74, 6) is -1.43. The minimum Gasteiger partial charge on any atom is -0.481 e. The fraction of sp³-hybridized carbons (Fsp3) is 0.471. The van der Waals surface area contributed by atoms with Crippen molar-refractivity contribution in [3.05, 3.63) is 35.9 Å². The van der Waals surface area contributed by atoms with Crippen LogP contribution in [0.15, 0.2) is 35.3 Å². The number of carboxylic acid groups (broad SMARTS) is 1. The summed E-state index contributed by atoms with van der Waals surface area (Å²) in [6.07, 6.45) is -0.434. The number of carboxylic acids is 1. The largest absolute Gasteiger partial charge is 0.481 e. The third-order valence-electron chi connectivity index (χ3n) is 4.58. The average Bonchev–Trinajstić information content (AvgIpc) is 3.04. The molecule has 2 fully saturated rings. The van der Waals surface area contributed by atoms with Crippen molar-refractivity contribution in [3.63, 3.8) is 0 Å². The maximum absolute atomic E-state index is 12.0. The van der Waals surface area contributed by atoms with Crippen LogP contribution in [-0.4, -0.2) is 58.3 Å². The minimum absolute atomic E-state index is 0.0458. The summed E-state index contributed by atoms with van der Waals surface area (Å²) < 4.78 is 24.1. The summed E-state index contributed by atoms with van der Waals surface area (Å²) in [5.41, 5.74) is 1.00. The Morgan fingerprint density at radius 1 is 1.27 bits per heavy atom. The number of rotatable bonds is 5. The van der Waals surface area contributed by atoms with Gasteiger partial charge in [0.25, 0.3) is 0 Å². The molecule has 26 heavy (non-hydrogen) atoms. The second-order valence-electron chi connectivity index (χ2n) is 6.48. The van der Waals surface area contributed by atoms with Gasteiger partial charge in [-0.3, -0.25) is 9.59 Å². The fourth-order valence-electron chi connectivity index (χ4n) is 3.31. The topological polar surface area (TPSA) is 104 Å². The highest BCUT2D eigenvalue weighted by atomic mass is 32.2. The monoisotopic (exact) mass is 396 g/mol. The van der Waals surface area contributed by atoms with Crippen LogP contribution in [0.25, 0.3) is 0 Å². The minimum atomic E-state index is -3.11. The van der Waals surface area contributed by atoms with E-state index in [-0.39, 0.29) is 41.7 Å². The van der Waals surface area contributed by atoms with Crippen LogP contribution >= 0.6 is 11.8 Å². The van der Waals surface area contributed by atoms with Gasteiger partial charge in [0.15, 0.2) is 15.0 Å². The average molecular weight is 396 g/mol. The van der Waals surface area contributed by atoms with Crippen LogP contribution in [0, 0.1) is 0 Å². The first-order valence-electron chi connectivity index (χ1n) is 8.30. The number of sulfone groups is 1. The normalized spacial score (nSPS) is 26.7. The quantitative estimate of drug-likeness (QED) is 0.808. The van der Waals surface area contributed by atoms with Crippen molar-refractivity contribution in [1.82, 2.24) is 4.90 Å². The van der Waals surface area contributed by atoms with Gasteiger partial charge in [0, 0.05) is 11.7 Å². The summed E-state index contributed by atoms with van der Waals surface area (Å²) in [7, 11) is -3.11. The van der Waals surface area contributed by atoms with E-state index in [9.17, 15) is 18.0 Å². The number of hydrogen-bond acceptors (Lipinski definition) is 5. The summed E-state index contributed by atoms with van der Waals surface area (Å²) >= 11 is 1.31. The molecule has 0 spiro atoms. The third-order valence-corrected chi connectivity index (χ3v) is 7.80. The second-order valence-corrected chi connectivity index (χ2v) is 9.84. The lowest BCUT2D eigenvalue weighted by molar-refractivity contribution is -0.138. The van der Waals surface area contributed by atoms with Crippen LogP contribution in [0.3, 0.4) is 0 Å². The van der Waals surface area contributed by atoms with Crippen LogP contribution in [-0.2, 0) is 19.4 Å². The van der Waals surface area contributed by atoms with E-state index in [0.717, 1.165) is 5.56 Å². The molecule has 2 saturated heterocycles. The van der Waals surface area contributed by atoms with Gasteiger partial charge in [-0.15, -0.1) is 0 Å². The van der Waals surface area contributed by atoms with Crippen molar-refractivity contribution in [1.29, 1.82) is 0 Å². The molecule has 3 rings (SSSR count). The van der Waals surface area contributed by atoms with Gasteiger partial charge in [-0.2, -0.15) is 4.99 Å². The number of carbonyl (C=O) groups is 2. The molecule has 1 aromatic carbocycles. The van der Waals surface area contributed by atoms with Gasteiger partial charge in [-0.05, 0) is 12.5 Å². The number of aliphatic imine (C=N–C) groups is 1. The number of nitrogens with zero attached hydrogens (tertiary/aromatic N) is 2. The zero-order chi connectivity index (χ0) is 18.9. The zero-order valence-corrected chi connectivity index (χ0v) is 15.9. The van der Waals surface area contributed by atoms with Gasteiger partial charge in [0.2, 0.25) is 5.91 Å². The molecule has 140 valence electrons. The summed E-state index contributed by atoms with van der Waals surface area (Å²) in [4.78, 5) is 28.7. The predicted molar refractivity (Wildman–Crippen MR) is 99.8 cm³/mol. The number of benzene rings is 1. The van der Waals surface area contributed by atoms with E-state index in [2.05, 4.69) is 4.99 Å². The molecule has 2 aliphatic heterocycles. The molecule has 0 bridgehead atoms. The third kappa shape index (κ3) is 4.09. The van der Waals surface area contributed by atoms with E-state index < -0.39 is 21.7 Å². The van der Waals surface area contributed by atoms with Crippen LogP contribution in [0.2, 0.25) is 0 Å². The first kappa shape index (κ1) is 18.9. The lowest BCUT2D eigenvalue weighted by atomic mass is 10.1. The zero-order valence-electron chi connectivity index (χ0n) is 14.2. The van der Waals surface area contributed by atoms with Gasteiger partial charge >= 0.3 is 5.97 Å². The summed E-state index contributed by atoms with van der Waals surface area (Å²) in [5, 5.41) is 9.05. The number of fused-ring (bicyclic) bond motifs is 1. The first-order chi connectivity index (χ1) is 12.3. The molecule has 0 aromatic heterocycles. The Morgan fingerprint density at radius 3 is 2.62 bits per heavy atom. The van der Waals surface area contributed by atoms with E-state index >= 15 is 0 Å². The molecule has 0 saturated carbocycles. The lowest BCUT2D eigenvalue weighted by Crippen LogP contribution is -2.39. The number of hydrogen-bond donors (Lipinski definition) is 1. The standard InChI is InChI=1S/C17H20N2O5S2/c1-11(12-5-3-2-4-6-12)19-13-9-26(23,24)10-14(13)25-17(19)18-15(20)7-8-16(21)22/h2-6,11,13-14H,7-10H2,1H3,(H,21,22). The maximum Gasteiger partial charge on any atom is 0.303 e. The van der Waals surface area contributed by atoms with Crippen LogP contribution < -0.4 is 0 Å². The van der Waals surface area contributed by atoms with Crippen molar-refractivity contribution in [2.45, 2.75) is 37.1 Å². The van der Waals surface area contributed by atoms with Crippen molar-refractivity contribution in [2.75, 3.05) is 11.5 Å². The van der Waals surface area contributed by atoms with Crippen LogP contribution in [0.4, 0.5) is 0 Å². The summed E-state index contributed by atoms with van der Waals surface area (Å²) in [6.45, 7) is 1.96. The Bertz CT molecular complexity index is 838. The Kier molecular flexibility index (Phi) is 5.38. The molecule has 9 heteroatoms. The van der Waals surface area contributed by atoms with E-state index in [4.69, 9.17) is 5.11 Å². The van der Waals surface area contributed by atoms with Crippen molar-refractivity contribution in [2.24, 2.45) is 4.99 Å². The molecule has 7 nitrogen and oxygen atoms in total. The van der Waals surface area contributed by atoms with Crippen LogP contribution in [0.5, 0.6) is 0 Å². The van der Waals surface area contributed by atoms with E-state index in [0.29, 0.717) is 5.17 Å². The Balaban J connectivity index is 1.88. The van der Waals surface area contributed by atoms with Gasteiger partial charge in [-0.25, -0.2) is 8.42 Å². The number of aliphatic carboxylic acids is 1. The molecular weight excluding hydrogens is 376 g/mol. The molecule has 2 heterocycles. The highest BCUT2D eigenvalue weighted by Gasteiger charge is 2.50. The number of thioether (sulfide) groups is 1. The second kappa shape index (κ2) is 7.40. The highest BCUT2D eigenvalue weighted by Crippen LogP contribution is 2.42. The number of amides is 1. The summed E-state index contributed by atoms with van der Waals surface area (Å²) in [6, 6.07) is 9.26. The molecule has 0 radical (unpaired) electrons. The number of amidine groups is 1. The molecule has 3 unspecified atom stereocenters. The van der Waals surface area contributed by atoms with Crippen LogP contribution in [0.1, 0.15) is 31.4 Å². The molecule has 3 atom stereocenters. The van der Waals surface area contributed by atoms with Crippen molar-refractivity contribution >= 4 is 38.6 Å². The van der Waals surface area contributed by atoms with E-state index in [1.807, 2.05) is 42.2 Å². The highest BCUT2D eigenvalue weighted by molar-refractivity contribution is 8.15. The predicted octanol–water partition coefficient (Wildman–Crippen LogP) is 1.71. The van der Waals surface area contributed by atoms with Gasteiger partial charge in [0.1, 0.15) is 0 Å². The molecule has 1 N–H and O–H groups in total. The van der Waals surface area contributed by atoms with Gasteiger partial charge in [0.05, 0.1) is 30.0 Å². The van der Waals surface area contributed by atoms with Crippen molar-refractivity contribution in [3.8, 4) is 0 Å². The maximum atomic E-state index is 12.0. The first-order valence-corrected chi connectivity index (χ1v) is 11.0. The number of carbonyl (C=O) groups excluding carboxylic acids is 1. The fourth-order valence-corrected chi connectivity index (χ4v) is 7.33. The molecule has 2 aliphatic rings.